The first-order valence-corrected chi connectivity index (χ1v) is 8.32. The number of halogens is 1. The maximum absolute atomic E-state index is 5.24. The highest BCUT2D eigenvalue weighted by molar-refractivity contribution is 9.10. The van der Waals surface area contributed by atoms with Crippen molar-refractivity contribution in [1.82, 2.24) is 9.78 Å². The lowest BCUT2D eigenvalue weighted by Gasteiger charge is -2.06. The van der Waals surface area contributed by atoms with Gasteiger partial charge in [0.15, 0.2) is 0 Å². The van der Waals surface area contributed by atoms with Crippen molar-refractivity contribution in [2.24, 2.45) is 0 Å². The van der Waals surface area contributed by atoms with Crippen LogP contribution >= 0.6 is 15.9 Å². The summed E-state index contributed by atoms with van der Waals surface area (Å²) in [4.78, 5) is 0. The van der Waals surface area contributed by atoms with E-state index in [1.165, 1.54) is 5.56 Å². The summed E-state index contributed by atoms with van der Waals surface area (Å²) in [5.74, 6) is 1.95. The number of hydrogen-bond acceptors (Lipinski definition) is 3. The molecule has 0 saturated carbocycles. The topological polar surface area (TPSA) is 39.1 Å². The second-order valence-electron chi connectivity index (χ2n) is 5.47. The van der Waals surface area contributed by atoms with E-state index in [2.05, 4.69) is 45.5 Å². The molecule has 1 N–H and O–H groups in total. The molecule has 1 aliphatic heterocycles. The van der Waals surface area contributed by atoms with Crippen LogP contribution in [0.4, 0.5) is 5.82 Å². The molecule has 0 amide bonds. The summed E-state index contributed by atoms with van der Waals surface area (Å²) in [7, 11) is 1.68. The quantitative estimate of drug-likeness (QED) is 0.748. The third-order valence-corrected chi connectivity index (χ3v) is 4.61. The molecule has 2 aromatic carbocycles. The Morgan fingerprint density at radius 2 is 1.83 bits per heavy atom. The van der Waals surface area contributed by atoms with Crippen molar-refractivity contribution in [1.29, 1.82) is 0 Å². The molecule has 4 rings (SSSR count). The Hall–Kier alpha value is -2.27. The van der Waals surface area contributed by atoms with Gasteiger partial charge in [0.05, 0.1) is 18.5 Å². The van der Waals surface area contributed by atoms with Crippen molar-refractivity contribution in [3.05, 3.63) is 58.6 Å². The highest BCUT2D eigenvalue weighted by Gasteiger charge is 2.23. The van der Waals surface area contributed by atoms with Crippen molar-refractivity contribution in [2.45, 2.75) is 6.42 Å². The molecule has 116 valence electrons. The minimum atomic E-state index is 0.857. The third-order valence-electron chi connectivity index (χ3n) is 4.09. The fraction of sp³-hybridized carbons (Fsp3) is 0.167. The second-order valence-corrected chi connectivity index (χ2v) is 6.38. The van der Waals surface area contributed by atoms with Crippen molar-refractivity contribution in [3.8, 4) is 22.7 Å². The van der Waals surface area contributed by atoms with Gasteiger partial charge >= 0.3 is 0 Å². The van der Waals surface area contributed by atoms with Gasteiger partial charge in [-0.3, -0.25) is 0 Å². The van der Waals surface area contributed by atoms with Crippen molar-refractivity contribution >= 4 is 21.7 Å². The Labute approximate surface area is 143 Å². The smallest absolute Gasteiger partial charge is 0.133 e. The summed E-state index contributed by atoms with van der Waals surface area (Å²) >= 11 is 3.48. The molecule has 0 radical (unpaired) electrons. The summed E-state index contributed by atoms with van der Waals surface area (Å²) in [6, 6.07) is 16.3. The molecular formula is C18H16BrN3O. The molecule has 0 spiro atoms. The van der Waals surface area contributed by atoms with Crippen LogP contribution in [0.25, 0.3) is 16.9 Å². The Bertz CT molecular complexity index is 838. The predicted molar refractivity (Wildman–Crippen MR) is 95.4 cm³/mol. The molecular weight excluding hydrogens is 354 g/mol. The molecule has 1 aliphatic rings. The van der Waals surface area contributed by atoms with Crippen molar-refractivity contribution < 1.29 is 4.74 Å². The Morgan fingerprint density at radius 3 is 2.52 bits per heavy atom. The van der Waals surface area contributed by atoms with Gasteiger partial charge in [-0.25, -0.2) is 4.68 Å². The molecule has 0 atom stereocenters. The molecule has 0 fully saturated rings. The van der Waals surface area contributed by atoms with Crippen LogP contribution in [0.15, 0.2) is 53.0 Å². The highest BCUT2D eigenvalue weighted by Crippen LogP contribution is 2.35. The van der Waals surface area contributed by atoms with Crippen LogP contribution in [0.1, 0.15) is 5.56 Å². The number of methoxy groups -OCH3 is 1. The van der Waals surface area contributed by atoms with Gasteiger partial charge < -0.3 is 10.1 Å². The molecule has 3 aromatic rings. The van der Waals surface area contributed by atoms with Gasteiger partial charge in [0, 0.05) is 22.1 Å². The average molecular weight is 370 g/mol. The van der Waals surface area contributed by atoms with Crippen molar-refractivity contribution in [3.63, 3.8) is 0 Å². The number of aromatic nitrogens is 2. The molecule has 2 heterocycles. The second kappa shape index (κ2) is 5.74. The third kappa shape index (κ3) is 2.51. The molecule has 5 heteroatoms. The fourth-order valence-corrected chi connectivity index (χ4v) is 3.19. The maximum atomic E-state index is 5.24. The summed E-state index contributed by atoms with van der Waals surface area (Å²) in [6.45, 7) is 0.951. The van der Waals surface area contributed by atoms with E-state index < -0.39 is 0 Å². The van der Waals surface area contributed by atoms with Gasteiger partial charge in [-0.05, 0) is 55.0 Å². The molecule has 1 aromatic heterocycles. The minimum absolute atomic E-state index is 0.857. The number of nitrogens with zero attached hydrogens (tertiary/aromatic N) is 2. The molecule has 0 bridgehead atoms. The van der Waals surface area contributed by atoms with Crippen LogP contribution in [0.2, 0.25) is 0 Å². The molecule has 23 heavy (non-hydrogen) atoms. The minimum Gasteiger partial charge on any atom is -0.497 e. The van der Waals surface area contributed by atoms with Crippen LogP contribution < -0.4 is 10.1 Å². The average Bonchev–Trinajstić information content (AvgIpc) is 3.18. The zero-order valence-corrected chi connectivity index (χ0v) is 14.3. The zero-order chi connectivity index (χ0) is 15.8. The van der Waals surface area contributed by atoms with E-state index in [0.29, 0.717) is 0 Å². The fourth-order valence-electron chi connectivity index (χ4n) is 2.92. The highest BCUT2D eigenvalue weighted by atomic mass is 79.9. The van der Waals surface area contributed by atoms with E-state index in [4.69, 9.17) is 9.84 Å². The molecule has 4 nitrogen and oxygen atoms in total. The number of anilines is 1. The summed E-state index contributed by atoms with van der Waals surface area (Å²) in [5, 5.41) is 8.31. The number of hydrogen-bond donors (Lipinski definition) is 1. The van der Waals surface area contributed by atoms with Crippen LogP contribution in [0.5, 0.6) is 5.75 Å². The van der Waals surface area contributed by atoms with Gasteiger partial charge in [-0.2, -0.15) is 5.10 Å². The van der Waals surface area contributed by atoms with E-state index in [-0.39, 0.29) is 0 Å². The Balaban J connectivity index is 1.82. The first kappa shape index (κ1) is 14.3. The van der Waals surface area contributed by atoms with Gasteiger partial charge in [0.2, 0.25) is 0 Å². The Kier molecular flexibility index (Phi) is 3.58. The lowest BCUT2D eigenvalue weighted by molar-refractivity contribution is 0.415. The molecule has 0 unspecified atom stereocenters. The SMILES string of the molecule is COc1ccc(-c2nn(-c3ccc(Br)cc3)c3c2CCN3)cc1. The monoisotopic (exact) mass is 369 g/mol. The number of ether oxygens (including phenoxy) is 1. The van der Waals surface area contributed by atoms with E-state index in [1.807, 2.05) is 28.9 Å². The van der Waals surface area contributed by atoms with Gasteiger partial charge in [0.25, 0.3) is 0 Å². The summed E-state index contributed by atoms with van der Waals surface area (Å²) < 4.78 is 8.30. The standard InChI is InChI=1S/C18H16BrN3O/c1-23-15-8-2-12(3-9-15)17-16-10-11-20-18(16)22(21-17)14-6-4-13(19)5-7-14/h2-9,20H,10-11H2,1H3. The van der Waals surface area contributed by atoms with Gasteiger partial charge in [0.1, 0.15) is 11.6 Å². The number of fused-ring (bicyclic) bond motifs is 1. The Morgan fingerprint density at radius 1 is 1.09 bits per heavy atom. The van der Waals surface area contributed by atoms with Gasteiger partial charge in [-0.15, -0.1) is 0 Å². The number of rotatable bonds is 3. The van der Waals surface area contributed by atoms with Gasteiger partial charge in [-0.1, -0.05) is 15.9 Å². The lowest BCUT2D eigenvalue weighted by Crippen LogP contribution is -2.04. The van der Waals surface area contributed by atoms with Crippen LogP contribution in [-0.4, -0.2) is 23.4 Å². The normalized spacial score (nSPS) is 12.8. The van der Waals surface area contributed by atoms with Crippen LogP contribution in [0.3, 0.4) is 0 Å². The molecule has 0 saturated heterocycles. The zero-order valence-electron chi connectivity index (χ0n) is 12.7. The van der Waals surface area contributed by atoms with Crippen LogP contribution in [-0.2, 0) is 6.42 Å². The van der Waals surface area contributed by atoms with E-state index in [9.17, 15) is 0 Å². The van der Waals surface area contributed by atoms with Crippen molar-refractivity contribution in [2.75, 3.05) is 19.0 Å². The van der Waals surface area contributed by atoms with E-state index in [0.717, 1.165) is 46.0 Å². The predicted octanol–water partition coefficient (Wildman–Crippen LogP) is 4.28. The number of nitrogens with one attached hydrogen (secondary N) is 1. The first-order chi connectivity index (χ1) is 11.3. The van der Waals surface area contributed by atoms with Crippen LogP contribution in [0, 0.1) is 0 Å². The van der Waals surface area contributed by atoms with E-state index >= 15 is 0 Å². The summed E-state index contributed by atoms with van der Waals surface area (Å²) in [6.07, 6.45) is 0.993. The maximum Gasteiger partial charge on any atom is 0.133 e. The largest absolute Gasteiger partial charge is 0.497 e. The number of benzene rings is 2. The summed E-state index contributed by atoms with van der Waals surface area (Å²) in [5.41, 5.74) is 4.48. The molecule has 0 aliphatic carbocycles. The van der Waals surface area contributed by atoms with E-state index in [1.54, 1.807) is 7.11 Å². The lowest BCUT2D eigenvalue weighted by atomic mass is 10.1. The first-order valence-electron chi connectivity index (χ1n) is 7.52.